The lowest BCUT2D eigenvalue weighted by atomic mass is 10.1. The van der Waals surface area contributed by atoms with E-state index in [0.29, 0.717) is 42.1 Å². The zero-order valence-corrected chi connectivity index (χ0v) is 18.0. The monoisotopic (exact) mass is 435 g/mol. The van der Waals surface area contributed by atoms with Crippen LogP contribution >= 0.6 is 0 Å². The summed E-state index contributed by atoms with van der Waals surface area (Å²) in [7, 11) is 0. The lowest BCUT2D eigenvalue weighted by molar-refractivity contribution is 0.0341. The van der Waals surface area contributed by atoms with Gasteiger partial charge in [0.15, 0.2) is 5.89 Å². The number of amides is 1. The molecular formula is C24H25N3O5. The summed E-state index contributed by atoms with van der Waals surface area (Å²) in [4.78, 5) is 33.8. The maximum absolute atomic E-state index is 13.3. The first kappa shape index (κ1) is 20.7. The van der Waals surface area contributed by atoms with E-state index < -0.39 is 5.63 Å². The molecule has 1 fully saturated rings. The molecule has 32 heavy (non-hydrogen) atoms. The summed E-state index contributed by atoms with van der Waals surface area (Å²) in [6, 6.07) is 11.2. The van der Waals surface area contributed by atoms with Gasteiger partial charge in [-0.05, 0) is 35.9 Å². The van der Waals surface area contributed by atoms with Gasteiger partial charge < -0.3 is 18.8 Å². The molecule has 0 atom stereocenters. The van der Waals surface area contributed by atoms with Gasteiger partial charge in [0.05, 0.1) is 30.7 Å². The van der Waals surface area contributed by atoms with Crippen molar-refractivity contribution in [2.45, 2.75) is 20.0 Å². The third-order valence-electron chi connectivity index (χ3n) is 5.88. The molecule has 2 aliphatic heterocycles. The molecule has 8 nitrogen and oxygen atoms in total. The zero-order chi connectivity index (χ0) is 22.1. The fourth-order valence-corrected chi connectivity index (χ4v) is 4.23. The van der Waals surface area contributed by atoms with E-state index in [9.17, 15) is 9.59 Å². The summed E-state index contributed by atoms with van der Waals surface area (Å²) in [5, 5.41) is 0.306. The Labute approximate surface area is 185 Å². The largest absolute Gasteiger partial charge is 0.491 e. The van der Waals surface area contributed by atoms with Crippen LogP contribution in [0, 0.1) is 6.92 Å². The van der Waals surface area contributed by atoms with Crippen LogP contribution in [0.25, 0.3) is 10.9 Å². The Balaban J connectivity index is 1.38. The van der Waals surface area contributed by atoms with Gasteiger partial charge in [0.25, 0.3) is 5.91 Å². The van der Waals surface area contributed by atoms with Crippen LogP contribution in [-0.4, -0.2) is 60.1 Å². The molecule has 2 aliphatic rings. The van der Waals surface area contributed by atoms with Crippen molar-refractivity contribution in [3.8, 4) is 5.75 Å². The normalized spacial score (nSPS) is 17.0. The number of fused-ring (bicyclic) bond motifs is 2. The predicted molar refractivity (Wildman–Crippen MR) is 118 cm³/mol. The molecular weight excluding hydrogens is 410 g/mol. The minimum atomic E-state index is -0.487. The second-order valence-corrected chi connectivity index (χ2v) is 8.16. The van der Waals surface area contributed by atoms with Crippen LogP contribution in [0.2, 0.25) is 0 Å². The average Bonchev–Trinajstić information content (AvgIpc) is 3.01. The van der Waals surface area contributed by atoms with E-state index in [-0.39, 0.29) is 5.91 Å². The van der Waals surface area contributed by atoms with E-state index in [1.54, 1.807) is 30.0 Å². The van der Waals surface area contributed by atoms with Gasteiger partial charge in [-0.15, -0.1) is 0 Å². The van der Waals surface area contributed by atoms with Crippen molar-refractivity contribution in [3.05, 3.63) is 69.4 Å². The Morgan fingerprint density at radius 1 is 1.06 bits per heavy atom. The van der Waals surface area contributed by atoms with E-state index in [1.165, 1.54) is 5.56 Å². The Kier molecular flexibility index (Phi) is 5.63. The van der Waals surface area contributed by atoms with Crippen LogP contribution in [0.15, 0.2) is 45.6 Å². The molecule has 0 radical (unpaired) electrons. The molecule has 0 unspecified atom stereocenters. The first-order valence-corrected chi connectivity index (χ1v) is 10.8. The molecule has 1 aromatic heterocycles. The lowest BCUT2D eigenvalue weighted by Gasteiger charge is -2.27. The number of hydrogen-bond acceptors (Lipinski definition) is 7. The molecule has 1 amide bonds. The van der Waals surface area contributed by atoms with E-state index in [0.717, 1.165) is 44.2 Å². The average molecular weight is 435 g/mol. The highest BCUT2D eigenvalue weighted by Gasteiger charge is 2.22. The lowest BCUT2D eigenvalue weighted by Crippen LogP contribution is -2.35. The zero-order valence-electron chi connectivity index (χ0n) is 18.0. The fourth-order valence-electron chi connectivity index (χ4n) is 4.23. The van der Waals surface area contributed by atoms with Crippen LogP contribution in [0.1, 0.15) is 27.4 Å². The van der Waals surface area contributed by atoms with Crippen molar-refractivity contribution < 1.29 is 18.7 Å². The molecule has 2 aromatic carbocycles. The number of benzene rings is 2. The number of hydrogen-bond donors (Lipinski definition) is 0. The summed E-state index contributed by atoms with van der Waals surface area (Å²) in [6.45, 7) is 7.16. The molecule has 166 valence electrons. The SMILES string of the molecule is Cc1nc2ccc(C(=O)N3CCOc4ccc(CN5CCOCC5)cc4C3)cc2c(=O)o1. The highest BCUT2D eigenvalue weighted by Crippen LogP contribution is 2.26. The maximum Gasteiger partial charge on any atom is 0.346 e. The van der Waals surface area contributed by atoms with Crippen molar-refractivity contribution in [2.24, 2.45) is 0 Å². The van der Waals surface area contributed by atoms with Gasteiger partial charge in [0.1, 0.15) is 12.4 Å². The molecule has 0 spiro atoms. The first-order valence-electron chi connectivity index (χ1n) is 10.8. The Bertz CT molecular complexity index is 1220. The Morgan fingerprint density at radius 3 is 2.75 bits per heavy atom. The van der Waals surface area contributed by atoms with Gasteiger partial charge in [-0.25, -0.2) is 9.78 Å². The Morgan fingerprint density at radius 2 is 1.91 bits per heavy atom. The molecule has 0 aliphatic carbocycles. The van der Waals surface area contributed by atoms with Crippen LogP contribution < -0.4 is 10.4 Å². The standard InChI is InChI=1S/C24H25N3O5/c1-16-25-21-4-3-18(13-20(21)24(29)32-16)23(28)27-8-11-31-22-5-2-17(12-19(22)15-27)14-26-6-9-30-10-7-26/h2-5,12-13H,6-11,14-15H2,1H3. The quantitative estimate of drug-likeness (QED) is 0.624. The molecule has 3 aromatic rings. The van der Waals surface area contributed by atoms with Gasteiger partial charge in [0.2, 0.25) is 0 Å². The molecule has 8 heteroatoms. The number of ether oxygens (including phenoxy) is 2. The maximum atomic E-state index is 13.3. The second-order valence-electron chi connectivity index (χ2n) is 8.16. The minimum absolute atomic E-state index is 0.151. The Hall–Kier alpha value is -3.23. The molecule has 0 N–H and O–H groups in total. The third-order valence-corrected chi connectivity index (χ3v) is 5.88. The van der Waals surface area contributed by atoms with Gasteiger partial charge >= 0.3 is 5.63 Å². The van der Waals surface area contributed by atoms with Crippen LogP contribution in [0.4, 0.5) is 0 Å². The topological polar surface area (TPSA) is 85.1 Å². The van der Waals surface area contributed by atoms with Crippen LogP contribution in [-0.2, 0) is 17.8 Å². The van der Waals surface area contributed by atoms with Gasteiger partial charge in [-0.3, -0.25) is 9.69 Å². The smallest absolute Gasteiger partial charge is 0.346 e. The minimum Gasteiger partial charge on any atom is -0.491 e. The van der Waals surface area contributed by atoms with Crippen molar-refractivity contribution in [1.29, 1.82) is 0 Å². The highest BCUT2D eigenvalue weighted by molar-refractivity contribution is 5.97. The third kappa shape index (κ3) is 4.24. The summed E-state index contributed by atoms with van der Waals surface area (Å²) in [6.07, 6.45) is 0. The predicted octanol–water partition coefficient (Wildman–Crippen LogP) is 2.36. The number of rotatable bonds is 3. The summed E-state index contributed by atoms with van der Waals surface area (Å²) < 4.78 is 16.4. The molecule has 0 saturated carbocycles. The van der Waals surface area contributed by atoms with Crippen LogP contribution in [0.3, 0.4) is 0 Å². The molecule has 5 rings (SSSR count). The van der Waals surface area contributed by atoms with Crippen LogP contribution in [0.5, 0.6) is 5.75 Å². The van der Waals surface area contributed by atoms with Crippen molar-refractivity contribution in [3.63, 3.8) is 0 Å². The summed E-state index contributed by atoms with van der Waals surface area (Å²) in [5.74, 6) is 0.961. The van der Waals surface area contributed by atoms with Gasteiger partial charge in [-0.1, -0.05) is 6.07 Å². The molecule has 0 bridgehead atoms. The highest BCUT2D eigenvalue weighted by atomic mass is 16.5. The molecule has 3 heterocycles. The van der Waals surface area contributed by atoms with Gasteiger partial charge in [0, 0.05) is 44.2 Å². The van der Waals surface area contributed by atoms with Gasteiger partial charge in [-0.2, -0.15) is 0 Å². The van der Waals surface area contributed by atoms with Crippen molar-refractivity contribution >= 4 is 16.8 Å². The number of aryl methyl sites for hydroxylation is 1. The number of nitrogens with zero attached hydrogens (tertiary/aromatic N) is 3. The van der Waals surface area contributed by atoms with E-state index in [2.05, 4.69) is 22.0 Å². The first-order chi connectivity index (χ1) is 15.6. The van der Waals surface area contributed by atoms with Crippen molar-refractivity contribution in [2.75, 3.05) is 39.5 Å². The number of aromatic nitrogens is 1. The second kappa shape index (κ2) is 8.72. The summed E-state index contributed by atoms with van der Waals surface area (Å²) in [5.41, 5.74) is 2.64. The van der Waals surface area contributed by atoms with Crippen molar-refractivity contribution in [1.82, 2.24) is 14.8 Å². The molecule has 1 saturated heterocycles. The van der Waals surface area contributed by atoms with E-state index >= 15 is 0 Å². The summed E-state index contributed by atoms with van der Waals surface area (Å²) >= 11 is 0. The number of carbonyl (C=O) groups is 1. The fraction of sp³-hybridized carbons (Fsp3) is 0.375. The van der Waals surface area contributed by atoms with E-state index in [1.807, 2.05) is 6.07 Å². The number of morpholine rings is 1. The number of carbonyl (C=O) groups excluding carboxylic acids is 1. The van der Waals surface area contributed by atoms with E-state index in [4.69, 9.17) is 13.9 Å².